The minimum Gasteiger partial charge on any atom is -0.372 e. The summed E-state index contributed by atoms with van der Waals surface area (Å²) in [5.74, 6) is -0.0750. The van der Waals surface area contributed by atoms with Crippen LogP contribution in [0, 0.1) is 11.3 Å². The van der Waals surface area contributed by atoms with Crippen LogP contribution < -0.4 is 5.32 Å². The van der Waals surface area contributed by atoms with E-state index in [2.05, 4.69) is 16.3 Å². The zero-order valence-electron chi connectivity index (χ0n) is 11.2. The first-order chi connectivity index (χ1) is 9.74. The summed E-state index contributed by atoms with van der Waals surface area (Å²) in [6, 6.07) is 9.13. The van der Waals surface area contributed by atoms with Crippen LogP contribution in [0.2, 0.25) is 0 Å². The molecule has 1 aromatic rings. The lowest BCUT2D eigenvalue weighted by Crippen LogP contribution is -2.45. The van der Waals surface area contributed by atoms with Crippen molar-refractivity contribution in [3.63, 3.8) is 0 Å². The van der Waals surface area contributed by atoms with Crippen molar-refractivity contribution in [1.82, 2.24) is 4.90 Å². The zero-order valence-corrected chi connectivity index (χ0v) is 11.2. The fraction of sp³-hybridized carbons (Fsp3) is 0.467. The van der Waals surface area contributed by atoms with Gasteiger partial charge in [0.05, 0.1) is 30.0 Å². The Hall–Kier alpha value is -1.90. The molecule has 0 spiro atoms. The number of carbonyl (C=O) groups excluding carboxylic acids is 1. The van der Waals surface area contributed by atoms with E-state index in [-0.39, 0.29) is 18.1 Å². The lowest BCUT2D eigenvalue weighted by atomic mass is 10.2. The van der Waals surface area contributed by atoms with Crippen LogP contribution >= 0.6 is 0 Å². The summed E-state index contributed by atoms with van der Waals surface area (Å²) >= 11 is 0. The van der Waals surface area contributed by atoms with Gasteiger partial charge in [-0.05, 0) is 25.0 Å². The molecule has 3 rings (SSSR count). The Morgan fingerprint density at radius 1 is 1.35 bits per heavy atom. The van der Waals surface area contributed by atoms with Crippen molar-refractivity contribution in [2.24, 2.45) is 0 Å². The Kier molecular flexibility index (Phi) is 3.68. The van der Waals surface area contributed by atoms with E-state index in [1.165, 1.54) is 0 Å². The molecule has 2 heterocycles. The average Bonchev–Trinajstić information content (AvgIpc) is 2.78. The number of rotatable bonds is 3. The molecule has 5 heteroatoms. The molecule has 0 aliphatic carbocycles. The fourth-order valence-corrected chi connectivity index (χ4v) is 2.91. The van der Waals surface area contributed by atoms with Crippen LogP contribution in [0.3, 0.4) is 0 Å². The highest BCUT2D eigenvalue weighted by Crippen LogP contribution is 2.26. The van der Waals surface area contributed by atoms with Gasteiger partial charge in [-0.25, -0.2) is 0 Å². The van der Waals surface area contributed by atoms with E-state index >= 15 is 0 Å². The molecule has 1 aromatic carbocycles. The van der Waals surface area contributed by atoms with Gasteiger partial charge in [0.1, 0.15) is 6.07 Å². The second-order valence-corrected chi connectivity index (χ2v) is 5.36. The molecule has 0 radical (unpaired) electrons. The van der Waals surface area contributed by atoms with Crippen LogP contribution in [0.4, 0.5) is 5.69 Å². The molecule has 2 saturated heterocycles. The highest BCUT2D eigenvalue weighted by molar-refractivity contribution is 5.93. The van der Waals surface area contributed by atoms with Gasteiger partial charge in [0.25, 0.3) is 0 Å². The summed E-state index contributed by atoms with van der Waals surface area (Å²) in [5.41, 5.74) is 1.07. The van der Waals surface area contributed by atoms with E-state index in [0.29, 0.717) is 17.8 Å². The van der Waals surface area contributed by atoms with Crippen LogP contribution in [0.5, 0.6) is 0 Å². The number of likely N-dealkylation sites (tertiary alicyclic amines) is 1. The fourth-order valence-electron chi connectivity index (χ4n) is 2.91. The third kappa shape index (κ3) is 2.82. The van der Waals surface area contributed by atoms with E-state index in [1.807, 2.05) is 6.07 Å². The maximum absolute atomic E-state index is 12.1. The van der Waals surface area contributed by atoms with Crippen molar-refractivity contribution in [1.29, 1.82) is 5.26 Å². The number of carbonyl (C=O) groups is 1. The van der Waals surface area contributed by atoms with Gasteiger partial charge in [0, 0.05) is 13.1 Å². The maximum Gasteiger partial charge on any atom is 0.238 e. The predicted octanol–water partition coefficient (Wildman–Crippen LogP) is 1.36. The predicted molar refractivity (Wildman–Crippen MR) is 74.1 cm³/mol. The number of nitrogens with zero attached hydrogens (tertiary/aromatic N) is 2. The number of benzene rings is 1. The molecule has 104 valence electrons. The molecule has 2 bridgehead atoms. The summed E-state index contributed by atoms with van der Waals surface area (Å²) in [6.07, 6.45) is 2.76. The highest BCUT2D eigenvalue weighted by atomic mass is 16.5. The lowest BCUT2D eigenvalue weighted by Gasteiger charge is -2.31. The number of morpholine rings is 1. The van der Waals surface area contributed by atoms with Gasteiger partial charge in [-0.1, -0.05) is 12.1 Å². The first kappa shape index (κ1) is 13.1. The van der Waals surface area contributed by atoms with Crippen molar-refractivity contribution >= 4 is 11.6 Å². The van der Waals surface area contributed by atoms with E-state index in [9.17, 15) is 4.79 Å². The standard InChI is InChI=1S/C15H17N3O2/c16-7-11-3-1-2-4-14(11)17-15(19)10-18-8-12-5-6-13(9-18)20-12/h1-4,12-13H,5-6,8-10H2,(H,17,19). The zero-order chi connectivity index (χ0) is 13.9. The number of hydrogen-bond donors (Lipinski definition) is 1. The third-order valence-corrected chi connectivity index (χ3v) is 3.81. The molecule has 0 saturated carbocycles. The third-order valence-electron chi connectivity index (χ3n) is 3.81. The molecule has 2 fully saturated rings. The summed E-state index contributed by atoms with van der Waals surface area (Å²) in [4.78, 5) is 14.2. The molecule has 20 heavy (non-hydrogen) atoms. The summed E-state index contributed by atoms with van der Waals surface area (Å²) < 4.78 is 5.75. The van der Waals surface area contributed by atoms with E-state index in [4.69, 9.17) is 10.00 Å². The van der Waals surface area contributed by atoms with Crippen LogP contribution in [0.15, 0.2) is 24.3 Å². The van der Waals surface area contributed by atoms with Gasteiger partial charge in [0.15, 0.2) is 0 Å². The Balaban J connectivity index is 1.59. The van der Waals surface area contributed by atoms with Gasteiger partial charge in [0.2, 0.25) is 5.91 Å². The number of para-hydroxylation sites is 1. The van der Waals surface area contributed by atoms with Crippen LogP contribution in [0.25, 0.3) is 0 Å². The number of nitriles is 1. The van der Waals surface area contributed by atoms with Crippen molar-refractivity contribution in [3.8, 4) is 6.07 Å². The Morgan fingerprint density at radius 2 is 2.05 bits per heavy atom. The highest BCUT2D eigenvalue weighted by Gasteiger charge is 2.34. The monoisotopic (exact) mass is 271 g/mol. The molecule has 1 N–H and O–H groups in total. The molecule has 0 aromatic heterocycles. The lowest BCUT2D eigenvalue weighted by molar-refractivity contribution is -0.119. The normalized spacial score (nSPS) is 25.1. The number of anilines is 1. The minimum absolute atomic E-state index is 0.0750. The first-order valence-corrected chi connectivity index (χ1v) is 6.91. The number of ether oxygens (including phenoxy) is 1. The topological polar surface area (TPSA) is 65.4 Å². The van der Waals surface area contributed by atoms with Gasteiger partial charge in [-0.15, -0.1) is 0 Å². The summed E-state index contributed by atoms with van der Waals surface area (Å²) in [5, 5.41) is 11.8. The van der Waals surface area contributed by atoms with Gasteiger partial charge in [-0.2, -0.15) is 5.26 Å². The second-order valence-electron chi connectivity index (χ2n) is 5.36. The molecule has 2 atom stereocenters. The van der Waals surface area contributed by atoms with Crippen LogP contribution in [-0.2, 0) is 9.53 Å². The minimum atomic E-state index is -0.0750. The van der Waals surface area contributed by atoms with Gasteiger partial charge in [-0.3, -0.25) is 9.69 Å². The van der Waals surface area contributed by atoms with Gasteiger partial charge < -0.3 is 10.1 Å². The van der Waals surface area contributed by atoms with E-state index in [1.54, 1.807) is 18.2 Å². The Labute approximate surface area is 118 Å². The van der Waals surface area contributed by atoms with E-state index in [0.717, 1.165) is 25.9 Å². The largest absolute Gasteiger partial charge is 0.372 e. The Bertz CT molecular complexity index is 540. The first-order valence-electron chi connectivity index (χ1n) is 6.91. The molecule has 5 nitrogen and oxygen atoms in total. The maximum atomic E-state index is 12.1. The molecule has 2 aliphatic heterocycles. The van der Waals surface area contributed by atoms with E-state index < -0.39 is 0 Å². The van der Waals surface area contributed by atoms with Crippen LogP contribution in [0.1, 0.15) is 18.4 Å². The number of hydrogen-bond acceptors (Lipinski definition) is 4. The number of nitrogens with one attached hydrogen (secondary N) is 1. The molecular weight excluding hydrogens is 254 g/mol. The SMILES string of the molecule is N#Cc1ccccc1NC(=O)CN1CC2CCC(C1)O2. The second kappa shape index (κ2) is 5.61. The summed E-state index contributed by atoms with van der Waals surface area (Å²) in [6.45, 7) is 2.00. The van der Waals surface area contributed by atoms with Crippen molar-refractivity contribution in [2.75, 3.05) is 25.0 Å². The summed E-state index contributed by atoms with van der Waals surface area (Å²) in [7, 11) is 0. The average molecular weight is 271 g/mol. The Morgan fingerprint density at radius 3 is 2.75 bits per heavy atom. The van der Waals surface area contributed by atoms with Gasteiger partial charge >= 0.3 is 0 Å². The quantitative estimate of drug-likeness (QED) is 0.901. The number of fused-ring (bicyclic) bond motifs is 2. The number of amides is 1. The van der Waals surface area contributed by atoms with Crippen molar-refractivity contribution in [2.45, 2.75) is 25.0 Å². The smallest absolute Gasteiger partial charge is 0.238 e. The van der Waals surface area contributed by atoms with Crippen molar-refractivity contribution in [3.05, 3.63) is 29.8 Å². The molecule has 2 unspecified atom stereocenters. The van der Waals surface area contributed by atoms with Crippen LogP contribution in [-0.4, -0.2) is 42.6 Å². The molecule has 2 aliphatic rings. The molecule has 1 amide bonds. The van der Waals surface area contributed by atoms with Crippen molar-refractivity contribution < 1.29 is 9.53 Å². The molecular formula is C15H17N3O2.